The van der Waals surface area contributed by atoms with E-state index in [9.17, 15) is 8.78 Å². The van der Waals surface area contributed by atoms with Crippen LogP contribution in [0.25, 0.3) is 22.4 Å². The van der Waals surface area contributed by atoms with Gasteiger partial charge < -0.3 is 10.5 Å². The molecule has 1 aromatic carbocycles. The van der Waals surface area contributed by atoms with Gasteiger partial charge in [0.05, 0.1) is 5.69 Å². The predicted octanol–water partition coefficient (Wildman–Crippen LogP) is 6.79. The third-order valence-corrected chi connectivity index (χ3v) is 7.73. The molecule has 0 bridgehead atoms. The molecule has 4 aromatic rings. The number of allylic oxidation sites excluding steroid dienone is 2. The van der Waals surface area contributed by atoms with Crippen LogP contribution in [0.2, 0.25) is 0 Å². The number of aromatic nitrogens is 3. The van der Waals surface area contributed by atoms with E-state index in [1.165, 1.54) is 18.5 Å². The highest BCUT2D eigenvalue weighted by Gasteiger charge is 2.51. The molecule has 202 valence electrons. The third kappa shape index (κ3) is 3.80. The topological polar surface area (TPSA) is 86.3 Å². The number of hydrogen-bond acceptors (Lipinski definition) is 6. The van der Waals surface area contributed by atoms with Crippen LogP contribution in [0.1, 0.15) is 24.5 Å². The lowest BCUT2D eigenvalue weighted by molar-refractivity contribution is 0.385. The standard InChI is InChI=1S/C32H22F3N5O/c1-2-17-5-8-21-22(9-6-17)32(40-31(21)36)23-14-18(20-4-3-12-38-29(20)34)7-10-26(23)41-28-24(32)16-25(39-30(28)35)19-11-13-37-27(33)15-19/h3-17H,2H2,1H3,(H2,36,40). The van der Waals surface area contributed by atoms with E-state index >= 15 is 4.39 Å². The van der Waals surface area contributed by atoms with E-state index < -0.39 is 23.4 Å². The Morgan fingerprint density at radius 1 is 0.902 bits per heavy atom. The average molecular weight is 550 g/mol. The predicted molar refractivity (Wildman–Crippen MR) is 149 cm³/mol. The van der Waals surface area contributed by atoms with Crippen molar-refractivity contribution < 1.29 is 17.9 Å². The fourth-order valence-corrected chi connectivity index (χ4v) is 5.71. The molecule has 0 saturated heterocycles. The number of aliphatic imine (C=N–C) groups is 1. The van der Waals surface area contributed by atoms with E-state index in [4.69, 9.17) is 15.5 Å². The van der Waals surface area contributed by atoms with Crippen LogP contribution < -0.4 is 10.5 Å². The first-order chi connectivity index (χ1) is 19.9. The summed E-state index contributed by atoms with van der Waals surface area (Å²) in [5.74, 6) is -1.61. The number of fused-ring (bicyclic) bond motifs is 5. The highest BCUT2D eigenvalue weighted by Crippen LogP contribution is 2.57. The summed E-state index contributed by atoms with van der Waals surface area (Å²) in [6, 6.07) is 12.8. The summed E-state index contributed by atoms with van der Waals surface area (Å²) in [5.41, 5.74) is 8.85. The van der Waals surface area contributed by atoms with Crippen LogP contribution in [0.3, 0.4) is 0 Å². The first-order valence-electron chi connectivity index (χ1n) is 13.1. The molecule has 0 fully saturated rings. The van der Waals surface area contributed by atoms with Crippen molar-refractivity contribution in [2.24, 2.45) is 16.6 Å². The molecule has 0 amide bonds. The van der Waals surface area contributed by atoms with Gasteiger partial charge in [0.15, 0.2) is 5.75 Å². The average Bonchev–Trinajstić information content (AvgIpc) is 3.10. The second-order valence-electron chi connectivity index (χ2n) is 10.0. The highest BCUT2D eigenvalue weighted by atomic mass is 19.1. The Morgan fingerprint density at radius 2 is 1.76 bits per heavy atom. The van der Waals surface area contributed by atoms with Crippen molar-refractivity contribution >= 4 is 5.84 Å². The molecule has 41 heavy (non-hydrogen) atoms. The summed E-state index contributed by atoms with van der Waals surface area (Å²) in [7, 11) is 0. The second kappa shape index (κ2) is 9.26. The molecule has 5 heterocycles. The van der Waals surface area contributed by atoms with Crippen LogP contribution in [0.15, 0.2) is 101 Å². The molecule has 6 nitrogen and oxygen atoms in total. The minimum Gasteiger partial charge on any atom is -0.452 e. The largest absolute Gasteiger partial charge is 0.452 e. The van der Waals surface area contributed by atoms with E-state index in [-0.39, 0.29) is 28.8 Å². The Labute approximate surface area is 233 Å². The van der Waals surface area contributed by atoms with Crippen molar-refractivity contribution in [1.82, 2.24) is 15.0 Å². The van der Waals surface area contributed by atoms with Gasteiger partial charge in [0.25, 0.3) is 5.95 Å². The van der Waals surface area contributed by atoms with E-state index in [2.05, 4.69) is 34.0 Å². The molecule has 2 aliphatic heterocycles. The van der Waals surface area contributed by atoms with Crippen molar-refractivity contribution in [3.8, 4) is 33.9 Å². The van der Waals surface area contributed by atoms with Crippen LogP contribution in [0, 0.1) is 23.8 Å². The van der Waals surface area contributed by atoms with E-state index in [0.29, 0.717) is 39.1 Å². The van der Waals surface area contributed by atoms with Gasteiger partial charge in [-0.2, -0.15) is 13.2 Å². The molecule has 1 aliphatic carbocycles. The summed E-state index contributed by atoms with van der Waals surface area (Å²) in [6.45, 7) is 2.08. The molecule has 0 radical (unpaired) electrons. The quantitative estimate of drug-likeness (QED) is 0.284. The minimum absolute atomic E-state index is 0.116. The normalized spacial score (nSPS) is 20.3. The van der Waals surface area contributed by atoms with Gasteiger partial charge in [-0.05, 0) is 59.9 Å². The van der Waals surface area contributed by atoms with Gasteiger partial charge in [-0.15, -0.1) is 0 Å². The number of ether oxygens (including phenoxy) is 1. The van der Waals surface area contributed by atoms with Gasteiger partial charge >= 0.3 is 0 Å². The summed E-state index contributed by atoms with van der Waals surface area (Å²) in [5, 5.41) is 0. The van der Waals surface area contributed by atoms with Crippen molar-refractivity contribution in [1.29, 1.82) is 0 Å². The number of nitrogens with zero attached hydrogens (tertiary/aromatic N) is 4. The number of pyridine rings is 3. The number of benzene rings is 1. The molecule has 9 heteroatoms. The highest BCUT2D eigenvalue weighted by molar-refractivity contribution is 6.05. The number of rotatable bonds is 3. The maximum atomic E-state index is 15.8. The first kappa shape index (κ1) is 25.0. The zero-order chi connectivity index (χ0) is 28.3. The summed E-state index contributed by atoms with van der Waals surface area (Å²) >= 11 is 0. The molecule has 2 unspecified atom stereocenters. The molecular weight excluding hydrogens is 527 g/mol. The third-order valence-electron chi connectivity index (χ3n) is 7.73. The number of halogens is 3. The molecule has 3 aliphatic rings. The lowest BCUT2D eigenvalue weighted by Crippen LogP contribution is -2.31. The summed E-state index contributed by atoms with van der Waals surface area (Å²) in [4.78, 5) is 16.5. The van der Waals surface area contributed by atoms with Crippen LogP contribution in [-0.2, 0) is 5.54 Å². The Morgan fingerprint density at radius 3 is 2.56 bits per heavy atom. The minimum atomic E-state index is -1.36. The number of hydrogen-bond donors (Lipinski definition) is 1. The molecule has 2 N–H and O–H groups in total. The van der Waals surface area contributed by atoms with E-state index in [1.54, 1.807) is 42.5 Å². The smallest absolute Gasteiger partial charge is 0.256 e. The Hall–Kier alpha value is -5.05. The van der Waals surface area contributed by atoms with E-state index in [1.807, 2.05) is 12.2 Å². The maximum absolute atomic E-state index is 15.8. The van der Waals surface area contributed by atoms with E-state index in [0.717, 1.165) is 6.42 Å². The Bertz CT molecular complexity index is 1880. The van der Waals surface area contributed by atoms with Gasteiger partial charge in [-0.1, -0.05) is 37.3 Å². The Kier molecular flexibility index (Phi) is 5.64. The number of nitrogens with two attached hydrogens (primary N) is 1. The van der Waals surface area contributed by atoms with Gasteiger partial charge in [0, 0.05) is 46.3 Å². The molecule has 0 saturated carbocycles. The van der Waals surface area contributed by atoms with Crippen molar-refractivity contribution in [3.63, 3.8) is 0 Å². The summed E-state index contributed by atoms with van der Waals surface area (Å²) in [6.07, 6.45) is 11.6. The van der Waals surface area contributed by atoms with Gasteiger partial charge in [-0.3, -0.25) is 0 Å². The van der Waals surface area contributed by atoms with Crippen molar-refractivity contribution in [3.05, 3.63) is 125 Å². The van der Waals surface area contributed by atoms with Gasteiger partial charge in [-0.25, -0.2) is 19.9 Å². The second-order valence-corrected chi connectivity index (χ2v) is 10.0. The van der Waals surface area contributed by atoms with Crippen LogP contribution >= 0.6 is 0 Å². The monoisotopic (exact) mass is 549 g/mol. The molecule has 7 rings (SSSR count). The molecule has 3 aromatic heterocycles. The lowest BCUT2D eigenvalue weighted by atomic mass is 9.74. The lowest BCUT2D eigenvalue weighted by Gasteiger charge is -2.37. The first-order valence-corrected chi connectivity index (χ1v) is 13.1. The van der Waals surface area contributed by atoms with Gasteiger partial charge in [0.1, 0.15) is 17.1 Å². The Balaban J connectivity index is 1.55. The zero-order valence-electron chi connectivity index (χ0n) is 21.8. The van der Waals surface area contributed by atoms with Crippen LogP contribution in [-0.4, -0.2) is 20.8 Å². The van der Waals surface area contributed by atoms with Crippen molar-refractivity contribution in [2.75, 3.05) is 0 Å². The molecular formula is C32H22F3N5O. The molecule has 2 atom stereocenters. The summed E-state index contributed by atoms with van der Waals surface area (Å²) < 4.78 is 50.8. The van der Waals surface area contributed by atoms with Gasteiger partial charge in [0.2, 0.25) is 11.9 Å². The van der Waals surface area contributed by atoms with Crippen LogP contribution in [0.5, 0.6) is 11.5 Å². The SMILES string of the molecule is CCC1C=CC2=C(C=C1)C1(N=C2N)c2cc(-c3cccnc3F)ccc2Oc2c1cc(-c1ccnc(F)c1)nc2F. The zero-order valence-corrected chi connectivity index (χ0v) is 21.8. The maximum Gasteiger partial charge on any atom is 0.256 e. The number of amidine groups is 1. The fourth-order valence-electron chi connectivity index (χ4n) is 5.71. The van der Waals surface area contributed by atoms with Crippen molar-refractivity contribution in [2.45, 2.75) is 18.9 Å². The fraction of sp³-hybridized carbons (Fsp3) is 0.125. The molecule has 1 spiro atoms. The van der Waals surface area contributed by atoms with Crippen LogP contribution in [0.4, 0.5) is 13.2 Å².